The number of amides is 2. The van der Waals surface area contributed by atoms with E-state index in [1.165, 1.54) is 19.1 Å². The van der Waals surface area contributed by atoms with Gasteiger partial charge < -0.3 is 18.9 Å². The average molecular weight is 271 g/mol. The van der Waals surface area contributed by atoms with Gasteiger partial charge in [0.1, 0.15) is 5.76 Å². The molecule has 7 heteroatoms. The lowest BCUT2D eigenvalue weighted by molar-refractivity contribution is -0.108. The zero-order chi connectivity index (χ0) is 14.3. The molecule has 2 amide bonds. The molecule has 0 unspecified atom stereocenters. The summed E-state index contributed by atoms with van der Waals surface area (Å²) in [6.45, 7) is 2.36. The Labute approximate surface area is 112 Å². The van der Waals surface area contributed by atoms with E-state index in [0.717, 1.165) is 18.6 Å². The molecule has 108 valence electrons. The molecular weight excluding hydrogens is 250 g/mol. The molecule has 1 aromatic heterocycles. The van der Waals surface area contributed by atoms with E-state index in [0.29, 0.717) is 12.4 Å². The van der Waals surface area contributed by atoms with Crippen molar-refractivity contribution < 1.29 is 18.8 Å². The lowest BCUT2D eigenvalue weighted by Gasteiger charge is -2.21. The molecule has 1 aromatic rings. The molecule has 1 rings (SSSR count). The zero-order valence-corrected chi connectivity index (χ0v) is 11.8. The van der Waals surface area contributed by atoms with E-state index in [-0.39, 0.29) is 6.03 Å². The number of hydrogen-bond acceptors (Lipinski definition) is 5. The molecule has 0 aliphatic rings. The van der Waals surface area contributed by atoms with Gasteiger partial charge in [-0.05, 0) is 6.42 Å². The van der Waals surface area contributed by atoms with Gasteiger partial charge in [0.15, 0.2) is 12.1 Å². The molecule has 0 radical (unpaired) electrons. The van der Waals surface area contributed by atoms with Crippen molar-refractivity contribution in [3.05, 3.63) is 11.8 Å². The number of nitrogens with zero attached hydrogens (tertiary/aromatic N) is 2. The summed E-state index contributed by atoms with van der Waals surface area (Å²) in [7, 11) is 4.69. The van der Waals surface area contributed by atoms with E-state index in [2.05, 4.69) is 10.5 Å². The van der Waals surface area contributed by atoms with Crippen molar-refractivity contribution in [3.63, 3.8) is 0 Å². The third-order valence-electron chi connectivity index (χ3n) is 2.59. The van der Waals surface area contributed by atoms with Crippen LogP contribution in [0.25, 0.3) is 0 Å². The Morgan fingerprint density at radius 3 is 2.79 bits per heavy atom. The molecule has 0 saturated carbocycles. The van der Waals surface area contributed by atoms with Gasteiger partial charge in [-0.3, -0.25) is 5.32 Å². The van der Waals surface area contributed by atoms with Crippen LogP contribution in [-0.2, 0) is 15.9 Å². The van der Waals surface area contributed by atoms with Crippen LogP contribution in [0.4, 0.5) is 10.6 Å². The van der Waals surface area contributed by atoms with Crippen LogP contribution in [0.3, 0.4) is 0 Å². The van der Waals surface area contributed by atoms with Gasteiger partial charge in [-0.25, -0.2) is 4.79 Å². The number of urea groups is 1. The summed E-state index contributed by atoms with van der Waals surface area (Å²) in [5.74, 6) is 1.17. The van der Waals surface area contributed by atoms with Crippen molar-refractivity contribution in [3.8, 4) is 0 Å². The first kappa shape index (κ1) is 15.5. The third kappa shape index (κ3) is 4.88. The van der Waals surface area contributed by atoms with E-state index in [4.69, 9.17) is 14.0 Å². The quantitative estimate of drug-likeness (QED) is 0.764. The van der Waals surface area contributed by atoms with Gasteiger partial charge in [-0.1, -0.05) is 12.1 Å². The fourth-order valence-corrected chi connectivity index (χ4v) is 1.49. The number of aryl methyl sites for hydroxylation is 1. The summed E-state index contributed by atoms with van der Waals surface area (Å²) < 4.78 is 15.1. The number of anilines is 1. The Hall–Kier alpha value is -1.60. The SMILES string of the molecule is CCCc1cc(NC(=O)N(C)CC(OC)OC)no1. The maximum absolute atomic E-state index is 11.9. The Morgan fingerprint density at radius 2 is 2.21 bits per heavy atom. The molecule has 1 N–H and O–H groups in total. The van der Waals surface area contributed by atoms with Gasteiger partial charge in [0.05, 0.1) is 6.54 Å². The maximum atomic E-state index is 11.9. The summed E-state index contributed by atoms with van der Waals surface area (Å²) in [6, 6.07) is 1.43. The second-order valence-electron chi connectivity index (χ2n) is 4.14. The second kappa shape index (κ2) is 7.75. The number of nitrogens with one attached hydrogen (secondary N) is 1. The van der Waals surface area contributed by atoms with Crippen LogP contribution >= 0.6 is 0 Å². The Morgan fingerprint density at radius 1 is 1.53 bits per heavy atom. The fourth-order valence-electron chi connectivity index (χ4n) is 1.49. The van der Waals surface area contributed by atoms with Crippen molar-refractivity contribution in [2.24, 2.45) is 0 Å². The van der Waals surface area contributed by atoms with Gasteiger partial charge in [-0.2, -0.15) is 0 Å². The van der Waals surface area contributed by atoms with Crippen LogP contribution in [-0.4, -0.2) is 50.2 Å². The lowest BCUT2D eigenvalue weighted by atomic mass is 10.3. The standard InChI is InChI=1S/C12H21N3O4/c1-5-6-9-7-10(14-19-9)13-12(16)15(2)8-11(17-3)18-4/h7,11H,5-6,8H2,1-4H3,(H,13,14,16). The molecular formula is C12H21N3O4. The first-order chi connectivity index (χ1) is 9.10. The van der Waals surface area contributed by atoms with Gasteiger partial charge in [0, 0.05) is 33.8 Å². The largest absolute Gasteiger partial charge is 0.359 e. The normalized spacial score (nSPS) is 10.8. The lowest BCUT2D eigenvalue weighted by Crippen LogP contribution is -2.38. The number of methoxy groups -OCH3 is 2. The summed E-state index contributed by atoms with van der Waals surface area (Å²) in [5, 5.41) is 6.43. The summed E-state index contributed by atoms with van der Waals surface area (Å²) in [5.41, 5.74) is 0. The summed E-state index contributed by atoms with van der Waals surface area (Å²) >= 11 is 0. The minimum Gasteiger partial charge on any atom is -0.359 e. The number of hydrogen-bond donors (Lipinski definition) is 1. The van der Waals surface area contributed by atoms with Crippen molar-refractivity contribution in [2.45, 2.75) is 26.1 Å². The van der Waals surface area contributed by atoms with Crippen molar-refractivity contribution in [2.75, 3.05) is 33.1 Å². The molecule has 0 aliphatic carbocycles. The fraction of sp³-hybridized carbons (Fsp3) is 0.667. The van der Waals surface area contributed by atoms with Crippen LogP contribution < -0.4 is 5.32 Å². The second-order valence-corrected chi connectivity index (χ2v) is 4.14. The molecule has 1 heterocycles. The number of likely N-dealkylation sites (N-methyl/N-ethyl adjacent to an activating group) is 1. The van der Waals surface area contributed by atoms with E-state index < -0.39 is 6.29 Å². The number of rotatable bonds is 7. The molecule has 0 saturated heterocycles. The van der Waals surface area contributed by atoms with Gasteiger partial charge >= 0.3 is 6.03 Å². The van der Waals surface area contributed by atoms with Crippen LogP contribution in [0, 0.1) is 0 Å². The molecule has 19 heavy (non-hydrogen) atoms. The van der Waals surface area contributed by atoms with Crippen molar-refractivity contribution in [1.29, 1.82) is 0 Å². The van der Waals surface area contributed by atoms with E-state index >= 15 is 0 Å². The molecule has 0 aliphatic heterocycles. The zero-order valence-electron chi connectivity index (χ0n) is 11.8. The van der Waals surface area contributed by atoms with Crippen LogP contribution in [0.5, 0.6) is 0 Å². The van der Waals surface area contributed by atoms with E-state index in [1.54, 1.807) is 13.1 Å². The first-order valence-electron chi connectivity index (χ1n) is 6.14. The Kier molecular flexibility index (Phi) is 6.31. The number of aromatic nitrogens is 1. The third-order valence-corrected chi connectivity index (χ3v) is 2.59. The van der Waals surface area contributed by atoms with Gasteiger partial charge in [-0.15, -0.1) is 0 Å². The van der Waals surface area contributed by atoms with Crippen LogP contribution in [0.15, 0.2) is 10.6 Å². The highest BCUT2D eigenvalue weighted by atomic mass is 16.7. The molecule has 0 bridgehead atoms. The highest BCUT2D eigenvalue weighted by Gasteiger charge is 2.16. The number of carbonyl (C=O) groups excluding carboxylic acids is 1. The highest BCUT2D eigenvalue weighted by molar-refractivity contribution is 5.88. The minimum absolute atomic E-state index is 0.296. The van der Waals surface area contributed by atoms with E-state index in [9.17, 15) is 4.79 Å². The molecule has 0 fully saturated rings. The Balaban J connectivity index is 2.48. The Bertz CT molecular complexity index is 390. The number of ether oxygens (including phenoxy) is 2. The van der Waals surface area contributed by atoms with Crippen LogP contribution in [0.2, 0.25) is 0 Å². The molecule has 0 spiro atoms. The average Bonchev–Trinajstić information content (AvgIpc) is 2.83. The van der Waals surface area contributed by atoms with Crippen LogP contribution in [0.1, 0.15) is 19.1 Å². The number of carbonyl (C=O) groups is 1. The predicted octanol–water partition coefficient (Wildman–Crippen LogP) is 1.71. The molecule has 0 aromatic carbocycles. The van der Waals surface area contributed by atoms with Crippen molar-refractivity contribution in [1.82, 2.24) is 10.1 Å². The smallest absolute Gasteiger partial charge is 0.323 e. The van der Waals surface area contributed by atoms with Gasteiger partial charge in [0.25, 0.3) is 0 Å². The first-order valence-corrected chi connectivity index (χ1v) is 6.14. The predicted molar refractivity (Wildman–Crippen MR) is 70.0 cm³/mol. The maximum Gasteiger partial charge on any atom is 0.323 e. The molecule has 0 atom stereocenters. The molecule has 7 nitrogen and oxygen atoms in total. The topological polar surface area (TPSA) is 76.8 Å². The monoisotopic (exact) mass is 271 g/mol. The van der Waals surface area contributed by atoms with E-state index in [1.807, 2.05) is 6.92 Å². The highest BCUT2D eigenvalue weighted by Crippen LogP contribution is 2.11. The van der Waals surface area contributed by atoms with Gasteiger partial charge in [0.2, 0.25) is 0 Å². The summed E-state index contributed by atoms with van der Waals surface area (Å²) in [4.78, 5) is 13.3. The van der Waals surface area contributed by atoms with Crippen molar-refractivity contribution >= 4 is 11.8 Å². The minimum atomic E-state index is -0.455. The summed E-state index contributed by atoms with van der Waals surface area (Å²) in [6.07, 6.45) is 1.31.